The maximum Gasteiger partial charge on any atom is 0.327 e. The highest BCUT2D eigenvalue weighted by Crippen LogP contribution is 2.47. The quantitative estimate of drug-likeness (QED) is 0.318. The van der Waals surface area contributed by atoms with Crippen molar-refractivity contribution < 1.29 is 27.5 Å². The Hall–Kier alpha value is -3.55. The number of esters is 1. The monoisotopic (exact) mass is 589 g/mol. The van der Waals surface area contributed by atoms with Crippen LogP contribution in [-0.4, -0.2) is 58.6 Å². The number of aromatic nitrogens is 3. The van der Waals surface area contributed by atoms with E-state index >= 15 is 0 Å². The third-order valence-electron chi connectivity index (χ3n) is 7.20. The number of hydrogen-bond donors (Lipinski definition) is 2. The molecule has 2 saturated carbocycles. The van der Waals surface area contributed by atoms with Gasteiger partial charge < -0.3 is 19.4 Å². The molecule has 12 nitrogen and oxygen atoms in total. The van der Waals surface area contributed by atoms with E-state index < -0.39 is 37.7 Å². The molecular formula is C26H28ClN5O7S. The number of carbonyl (C=O) groups is 2. The summed E-state index contributed by atoms with van der Waals surface area (Å²) in [7, 11) is -2.48. The number of hydrogen-bond acceptors (Lipinski definition) is 9. The van der Waals surface area contributed by atoms with E-state index in [4.69, 9.17) is 21.1 Å². The standard InChI is InChI=1S/C26H28ClN5O7S/c1-3-38-24(35)26(10-11-26)31-40(36,37)25(8-9-25)15-39-22-20-17(14-29-30-22)12-19(23(34)32(20)2)21(33)28-13-16-4-6-18(27)7-5-16/h4-7,12,14,31H,3,8-11,13,15H2,1-2H3,(H,28,33). The van der Waals surface area contributed by atoms with Crippen molar-refractivity contribution in [3.8, 4) is 5.88 Å². The summed E-state index contributed by atoms with van der Waals surface area (Å²) in [6.07, 6.45) is 2.79. The van der Waals surface area contributed by atoms with Crippen LogP contribution in [0.2, 0.25) is 5.02 Å². The fourth-order valence-corrected chi connectivity index (χ4v) is 6.39. The van der Waals surface area contributed by atoms with Gasteiger partial charge in [-0.25, -0.2) is 8.42 Å². The zero-order valence-electron chi connectivity index (χ0n) is 21.9. The number of fused-ring (bicyclic) bond motifs is 1. The molecule has 14 heteroatoms. The normalized spacial score (nSPS) is 16.8. The molecule has 2 aliphatic carbocycles. The topological polar surface area (TPSA) is 159 Å². The Morgan fingerprint density at radius 1 is 1.15 bits per heavy atom. The number of nitrogens with one attached hydrogen (secondary N) is 2. The SMILES string of the molecule is CCOC(=O)C1(NS(=O)(=O)C2(COc3nncc4cc(C(=O)NCc5ccc(Cl)cc5)c(=O)n(C)c34)CC2)CC1. The van der Waals surface area contributed by atoms with Gasteiger partial charge in [0.05, 0.1) is 12.8 Å². The van der Waals surface area contributed by atoms with E-state index in [2.05, 4.69) is 20.2 Å². The van der Waals surface area contributed by atoms with Gasteiger partial charge in [-0.15, -0.1) is 5.10 Å². The molecule has 40 heavy (non-hydrogen) atoms. The lowest BCUT2D eigenvalue weighted by molar-refractivity contribution is -0.146. The zero-order chi connectivity index (χ0) is 28.7. The van der Waals surface area contributed by atoms with Crippen LogP contribution in [0.5, 0.6) is 5.88 Å². The Bertz CT molecular complexity index is 1650. The van der Waals surface area contributed by atoms with E-state index in [0.717, 1.165) is 5.56 Å². The van der Waals surface area contributed by atoms with Gasteiger partial charge in [0.1, 0.15) is 28.0 Å². The van der Waals surface area contributed by atoms with Gasteiger partial charge in [0.25, 0.3) is 17.3 Å². The van der Waals surface area contributed by atoms with Crippen LogP contribution in [0.15, 0.2) is 41.3 Å². The molecule has 2 aliphatic rings. The Kier molecular flexibility index (Phi) is 7.31. The Labute approximate surface area is 235 Å². The van der Waals surface area contributed by atoms with Crippen molar-refractivity contribution in [2.24, 2.45) is 7.05 Å². The van der Waals surface area contributed by atoms with Crippen molar-refractivity contribution in [1.29, 1.82) is 0 Å². The predicted octanol–water partition coefficient (Wildman–Crippen LogP) is 1.84. The predicted molar refractivity (Wildman–Crippen MR) is 146 cm³/mol. The Balaban J connectivity index is 1.33. The van der Waals surface area contributed by atoms with Crippen LogP contribution in [0, 0.1) is 0 Å². The molecule has 2 heterocycles. The van der Waals surface area contributed by atoms with Crippen LogP contribution < -0.4 is 20.3 Å². The highest BCUT2D eigenvalue weighted by atomic mass is 35.5. The minimum atomic E-state index is -3.95. The summed E-state index contributed by atoms with van der Waals surface area (Å²) in [6.45, 7) is 1.75. The van der Waals surface area contributed by atoms with E-state index in [0.29, 0.717) is 36.1 Å². The Morgan fingerprint density at radius 2 is 1.85 bits per heavy atom. The molecule has 2 N–H and O–H groups in total. The lowest BCUT2D eigenvalue weighted by Crippen LogP contribution is -2.50. The second-order valence-electron chi connectivity index (χ2n) is 10.1. The number of aryl methyl sites for hydroxylation is 1. The summed E-state index contributed by atoms with van der Waals surface area (Å²) in [4.78, 5) is 38.2. The molecule has 2 fully saturated rings. The molecule has 0 spiro atoms. The molecule has 212 valence electrons. The van der Waals surface area contributed by atoms with Crippen molar-refractivity contribution in [2.45, 2.75) is 49.4 Å². The zero-order valence-corrected chi connectivity index (χ0v) is 23.5. The first-order valence-electron chi connectivity index (χ1n) is 12.7. The molecular weight excluding hydrogens is 562 g/mol. The lowest BCUT2D eigenvalue weighted by atomic mass is 10.1. The van der Waals surface area contributed by atoms with Crippen LogP contribution in [-0.2, 0) is 33.1 Å². The van der Waals surface area contributed by atoms with Gasteiger partial charge in [-0.3, -0.25) is 14.4 Å². The van der Waals surface area contributed by atoms with E-state index in [1.165, 1.54) is 23.9 Å². The second kappa shape index (κ2) is 10.5. The molecule has 0 atom stereocenters. The molecule has 0 aliphatic heterocycles. The van der Waals surface area contributed by atoms with Crippen LogP contribution in [0.1, 0.15) is 48.5 Å². The number of benzene rings is 1. The molecule has 1 aromatic carbocycles. The van der Waals surface area contributed by atoms with Crippen LogP contribution in [0.25, 0.3) is 10.9 Å². The number of nitrogens with zero attached hydrogens (tertiary/aromatic N) is 3. The summed E-state index contributed by atoms with van der Waals surface area (Å²) < 4.78 is 39.9. The summed E-state index contributed by atoms with van der Waals surface area (Å²) >= 11 is 5.90. The van der Waals surface area contributed by atoms with Gasteiger partial charge in [-0.1, -0.05) is 23.7 Å². The molecule has 0 radical (unpaired) electrons. The molecule has 5 rings (SSSR count). The highest BCUT2D eigenvalue weighted by molar-refractivity contribution is 7.91. The number of halogens is 1. The van der Waals surface area contributed by atoms with Gasteiger partial charge in [0.2, 0.25) is 10.0 Å². The van der Waals surface area contributed by atoms with Crippen molar-refractivity contribution in [2.75, 3.05) is 13.2 Å². The largest absolute Gasteiger partial charge is 0.473 e. The summed E-state index contributed by atoms with van der Waals surface area (Å²) in [5, 5.41) is 11.6. The molecule has 0 bridgehead atoms. The van der Waals surface area contributed by atoms with Crippen LogP contribution >= 0.6 is 11.6 Å². The summed E-state index contributed by atoms with van der Waals surface area (Å²) in [6, 6.07) is 8.34. The van der Waals surface area contributed by atoms with Crippen molar-refractivity contribution >= 4 is 44.4 Å². The van der Waals surface area contributed by atoms with Crippen LogP contribution in [0.4, 0.5) is 0 Å². The smallest absolute Gasteiger partial charge is 0.327 e. The van der Waals surface area contributed by atoms with Crippen LogP contribution in [0.3, 0.4) is 0 Å². The van der Waals surface area contributed by atoms with Crippen molar-refractivity contribution in [1.82, 2.24) is 24.8 Å². The van der Waals surface area contributed by atoms with Gasteiger partial charge in [0.15, 0.2) is 0 Å². The Morgan fingerprint density at radius 3 is 2.48 bits per heavy atom. The van der Waals surface area contributed by atoms with Gasteiger partial charge in [-0.2, -0.15) is 9.82 Å². The number of pyridine rings is 1. The highest BCUT2D eigenvalue weighted by Gasteiger charge is 2.62. The average Bonchev–Trinajstić information content (AvgIpc) is 3.85. The van der Waals surface area contributed by atoms with Gasteiger partial charge in [-0.05, 0) is 56.4 Å². The molecule has 0 saturated heterocycles. The van der Waals surface area contributed by atoms with Gasteiger partial charge >= 0.3 is 5.97 Å². The molecule has 1 amide bonds. The number of sulfonamides is 1. The first-order chi connectivity index (χ1) is 19.0. The van der Waals surface area contributed by atoms with E-state index in [9.17, 15) is 22.8 Å². The minimum Gasteiger partial charge on any atom is -0.473 e. The maximum atomic E-state index is 13.2. The third-order valence-corrected chi connectivity index (χ3v) is 9.78. The number of carbonyl (C=O) groups excluding carboxylic acids is 2. The third kappa shape index (κ3) is 5.28. The first kappa shape index (κ1) is 28.0. The van der Waals surface area contributed by atoms with Crippen molar-refractivity contribution in [3.63, 3.8) is 0 Å². The lowest BCUT2D eigenvalue weighted by Gasteiger charge is -2.22. The minimum absolute atomic E-state index is 0.0433. The first-order valence-corrected chi connectivity index (χ1v) is 14.6. The van der Waals surface area contributed by atoms with E-state index in [1.807, 2.05) is 0 Å². The number of ether oxygens (including phenoxy) is 2. The average molecular weight is 590 g/mol. The van der Waals surface area contributed by atoms with Crippen molar-refractivity contribution in [3.05, 3.63) is 63.0 Å². The van der Waals surface area contributed by atoms with E-state index in [1.54, 1.807) is 31.2 Å². The number of rotatable bonds is 11. The van der Waals surface area contributed by atoms with E-state index in [-0.39, 0.29) is 36.7 Å². The van der Waals surface area contributed by atoms with Gasteiger partial charge in [0, 0.05) is 24.0 Å². The maximum absolute atomic E-state index is 13.2. The second-order valence-corrected chi connectivity index (χ2v) is 12.6. The fourth-order valence-electron chi connectivity index (χ4n) is 4.39. The summed E-state index contributed by atoms with van der Waals surface area (Å²) in [5.74, 6) is -1.20. The molecule has 2 aromatic heterocycles. The fraction of sp³-hybridized carbons (Fsp3) is 0.423. The molecule has 3 aromatic rings. The molecule has 0 unspecified atom stereocenters. The summed E-state index contributed by atoms with van der Waals surface area (Å²) in [5.41, 5.74) is -0.828. The number of amides is 1.